The summed E-state index contributed by atoms with van der Waals surface area (Å²) in [5.41, 5.74) is 1.81. The number of anilines is 3. The summed E-state index contributed by atoms with van der Waals surface area (Å²) in [6, 6.07) is 6.72. The van der Waals surface area contributed by atoms with Gasteiger partial charge >= 0.3 is 0 Å². The number of aliphatic hydroxyl groups excluding tert-OH is 1. The summed E-state index contributed by atoms with van der Waals surface area (Å²) in [7, 11) is -2.18. The molecule has 0 aliphatic heterocycles. The van der Waals surface area contributed by atoms with Crippen LogP contribution in [-0.2, 0) is 17.1 Å². The highest BCUT2D eigenvalue weighted by Crippen LogP contribution is 2.47. The topological polar surface area (TPSA) is 100 Å². The average Bonchev–Trinajstić information content (AvgIpc) is 3.36. The van der Waals surface area contributed by atoms with Crippen LogP contribution in [0.5, 0.6) is 0 Å². The molecule has 7 nitrogen and oxygen atoms in total. The number of hydrogen-bond donors (Lipinski definition) is 3. The summed E-state index contributed by atoms with van der Waals surface area (Å²) in [5.74, 6) is 0. The molecule has 3 N–H and O–H groups in total. The van der Waals surface area contributed by atoms with E-state index in [-0.39, 0.29) is 24.3 Å². The Hall–Kier alpha value is -2.03. The van der Waals surface area contributed by atoms with Crippen LogP contribution in [0.4, 0.5) is 17.1 Å². The van der Waals surface area contributed by atoms with E-state index in [0.29, 0.717) is 29.2 Å². The molecule has 1 aliphatic carbocycles. The maximum absolute atomic E-state index is 12.8. The van der Waals surface area contributed by atoms with E-state index in [4.69, 9.17) is 11.6 Å². The minimum atomic E-state index is -3.72. The average molecular weight is 412 g/mol. The molecule has 0 amide bonds. The van der Waals surface area contributed by atoms with Gasteiger partial charge in [-0.1, -0.05) is 17.7 Å². The number of pyridine rings is 1. The van der Waals surface area contributed by atoms with Crippen LogP contribution in [0.15, 0.2) is 35.3 Å². The smallest absolute Gasteiger partial charge is 0.252 e. The van der Waals surface area contributed by atoms with Crippen LogP contribution < -0.4 is 15.6 Å². The molecule has 3 rings (SSSR count). The van der Waals surface area contributed by atoms with E-state index >= 15 is 0 Å². The maximum atomic E-state index is 12.8. The summed E-state index contributed by atoms with van der Waals surface area (Å²) >= 11 is 6.25. The van der Waals surface area contributed by atoms with Gasteiger partial charge in [0.25, 0.3) is 5.56 Å². The summed E-state index contributed by atoms with van der Waals surface area (Å²) in [4.78, 5) is 12.1. The molecule has 2 aromatic rings. The van der Waals surface area contributed by atoms with Gasteiger partial charge in [0, 0.05) is 25.9 Å². The van der Waals surface area contributed by atoms with Crippen LogP contribution in [0.2, 0.25) is 5.02 Å². The molecule has 1 aliphatic rings. The van der Waals surface area contributed by atoms with Gasteiger partial charge in [-0.2, -0.15) is 0 Å². The van der Waals surface area contributed by atoms with E-state index in [2.05, 4.69) is 10.0 Å². The number of sulfonamides is 1. The number of hydrogen-bond acceptors (Lipinski definition) is 5. The minimum absolute atomic E-state index is 0.181. The molecule has 0 unspecified atom stereocenters. The second-order valence-corrected chi connectivity index (χ2v) is 9.40. The molecule has 1 heterocycles. The first kappa shape index (κ1) is 19.7. The van der Waals surface area contributed by atoms with Crippen LogP contribution in [0.1, 0.15) is 24.8 Å². The van der Waals surface area contributed by atoms with Crippen LogP contribution in [-0.4, -0.2) is 29.4 Å². The summed E-state index contributed by atoms with van der Waals surface area (Å²) < 4.78 is 28.6. The summed E-state index contributed by atoms with van der Waals surface area (Å²) in [6.45, 7) is 1.71. The monoisotopic (exact) mass is 411 g/mol. The lowest BCUT2D eigenvalue weighted by atomic mass is 10.2. The summed E-state index contributed by atoms with van der Waals surface area (Å²) in [5, 5.41) is 12.7. The van der Waals surface area contributed by atoms with Crippen molar-refractivity contribution in [1.29, 1.82) is 0 Å². The van der Waals surface area contributed by atoms with Crippen molar-refractivity contribution in [3.05, 3.63) is 51.4 Å². The van der Waals surface area contributed by atoms with Gasteiger partial charge in [0.1, 0.15) is 0 Å². The van der Waals surface area contributed by atoms with Crippen LogP contribution in [0, 0.1) is 6.92 Å². The SMILES string of the molecule is Cc1ccc(Nc2cc(=O)n(C)cc2NS(=O)(=O)C2(CCO)CC2)c(Cl)c1. The molecule has 0 radical (unpaired) electrons. The predicted octanol–water partition coefficient (Wildman–Crippen LogP) is 2.75. The molecule has 1 fully saturated rings. The van der Waals surface area contributed by atoms with E-state index < -0.39 is 14.8 Å². The number of rotatable bonds is 7. The fraction of sp³-hybridized carbons (Fsp3) is 0.389. The second kappa shape index (κ2) is 7.18. The molecule has 27 heavy (non-hydrogen) atoms. The third-order valence-electron chi connectivity index (χ3n) is 4.81. The molecule has 1 aromatic carbocycles. The van der Waals surface area contributed by atoms with E-state index in [1.807, 2.05) is 13.0 Å². The largest absolute Gasteiger partial charge is 0.396 e. The zero-order chi connectivity index (χ0) is 19.8. The van der Waals surface area contributed by atoms with Crippen molar-refractivity contribution in [3.63, 3.8) is 0 Å². The third-order valence-corrected chi connectivity index (χ3v) is 7.37. The quantitative estimate of drug-likeness (QED) is 0.650. The Balaban J connectivity index is 1.98. The predicted molar refractivity (Wildman–Crippen MR) is 107 cm³/mol. The van der Waals surface area contributed by atoms with Crippen LogP contribution >= 0.6 is 11.6 Å². The van der Waals surface area contributed by atoms with Gasteiger partial charge in [0.05, 0.1) is 26.8 Å². The molecule has 0 spiro atoms. The van der Waals surface area contributed by atoms with Crippen molar-refractivity contribution in [3.8, 4) is 0 Å². The number of aromatic nitrogens is 1. The van der Waals surface area contributed by atoms with Crippen molar-refractivity contribution in [2.75, 3.05) is 16.6 Å². The van der Waals surface area contributed by atoms with Crippen LogP contribution in [0.25, 0.3) is 0 Å². The van der Waals surface area contributed by atoms with Gasteiger partial charge < -0.3 is 15.0 Å². The molecule has 0 bridgehead atoms. The molecule has 0 saturated heterocycles. The number of aliphatic hydroxyl groups is 1. The van der Waals surface area contributed by atoms with Gasteiger partial charge in [0.15, 0.2) is 0 Å². The number of halogens is 1. The molecule has 0 atom stereocenters. The number of nitrogens with zero attached hydrogens (tertiary/aromatic N) is 1. The van der Waals surface area contributed by atoms with Crippen molar-refractivity contribution >= 4 is 38.7 Å². The Kier molecular flexibility index (Phi) is 5.24. The molecule has 1 aromatic heterocycles. The van der Waals surface area contributed by atoms with Crippen molar-refractivity contribution in [2.24, 2.45) is 7.05 Å². The first-order valence-electron chi connectivity index (χ1n) is 8.54. The number of benzene rings is 1. The van der Waals surface area contributed by atoms with Gasteiger partial charge in [-0.15, -0.1) is 0 Å². The molecule has 146 valence electrons. The van der Waals surface area contributed by atoms with E-state index in [0.717, 1.165) is 5.56 Å². The highest BCUT2D eigenvalue weighted by Gasteiger charge is 2.54. The molecule has 9 heteroatoms. The lowest BCUT2D eigenvalue weighted by Crippen LogP contribution is -2.31. The lowest BCUT2D eigenvalue weighted by Gasteiger charge is -2.20. The highest BCUT2D eigenvalue weighted by molar-refractivity contribution is 7.94. The maximum Gasteiger partial charge on any atom is 0.252 e. The zero-order valence-electron chi connectivity index (χ0n) is 15.1. The molecule has 1 saturated carbocycles. The fourth-order valence-corrected chi connectivity index (χ4v) is 4.88. The van der Waals surface area contributed by atoms with Gasteiger partial charge in [-0.05, 0) is 43.9 Å². The first-order valence-corrected chi connectivity index (χ1v) is 10.4. The third kappa shape index (κ3) is 3.97. The number of nitrogens with one attached hydrogen (secondary N) is 2. The van der Waals surface area contributed by atoms with E-state index in [1.165, 1.54) is 16.8 Å². The first-order chi connectivity index (χ1) is 12.7. The second-order valence-electron chi connectivity index (χ2n) is 6.92. The van der Waals surface area contributed by atoms with E-state index in [9.17, 15) is 18.3 Å². The highest BCUT2D eigenvalue weighted by atomic mass is 35.5. The van der Waals surface area contributed by atoms with Crippen molar-refractivity contribution in [1.82, 2.24) is 4.57 Å². The zero-order valence-corrected chi connectivity index (χ0v) is 16.7. The Labute approximate surface area is 163 Å². The van der Waals surface area contributed by atoms with Gasteiger partial charge in [-0.3, -0.25) is 9.52 Å². The minimum Gasteiger partial charge on any atom is -0.396 e. The van der Waals surface area contributed by atoms with Crippen molar-refractivity contribution < 1.29 is 13.5 Å². The molecular weight excluding hydrogens is 390 g/mol. The lowest BCUT2D eigenvalue weighted by molar-refractivity contribution is 0.283. The Morgan fingerprint density at radius 1 is 1.22 bits per heavy atom. The van der Waals surface area contributed by atoms with E-state index in [1.54, 1.807) is 19.2 Å². The number of aryl methyl sites for hydroxylation is 2. The Morgan fingerprint density at radius 3 is 2.52 bits per heavy atom. The molecular formula is C18H22ClN3O4S. The standard InChI is InChI=1S/C18H22ClN3O4S/c1-12-3-4-14(13(19)9-12)20-15-10-17(24)22(2)11-16(15)21-27(25,26)18(5-6-18)7-8-23/h3-4,9-11,20-21,23H,5-8H2,1-2H3. The van der Waals surface area contributed by atoms with Gasteiger partial charge in [0.2, 0.25) is 10.0 Å². The Morgan fingerprint density at radius 2 is 1.93 bits per heavy atom. The van der Waals surface area contributed by atoms with Crippen LogP contribution in [0.3, 0.4) is 0 Å². The fourth-order valence-electron chi connectivity index (χ4n) is 2.93. The van der Waals surface area contributed by atoms with Crippen molar-refractivity contribution in [2.45, 2.75) is 30.9 Å². The summed E-state index contributed by atoms with van der Waals surface area (Å²) in [6.07, 6.45) is 2.61. The van der Waals surface area contributed by atoms with Gasteiger partial charge in [-0.25, -0.2) is 8.42 Å². The Bertz CT molecular complexity index is 1030. The normalized spacial score (nSPS) is 15.4.